The summed E-state index contributed by atoms with van der Waals surface area (Å²) in [5.41, 5.74) is 1.07. The number of anilines is 2. The van der Waals surface area contributed by atoms with Gasteiger partial charge in [-0.15, -0.1) is 0 Å². The zero-order chi connectivity index (χ0) is 15.5. The van der Waals surface area contributed by atoms with E-state index < -0.39 is 11.6 Å². The fraction of sp³-hybridized carbons (Fsp3) is 0.188. The van der Waals surface area contributed by atoms with E-state index in [4.69, 9.17) is 4.74 Å². The van der Waals surface area contributed by atoms with Crippen LogP contribution in [0, 0.1) is 11.6 Å². The Morgan fingerprint density at radius 3 is 2.82 bits per heavy atom. The molecule has 1 aliphatic heterocycles. The number of ether oxygens (including phenoxy) is 1. The maximum atomic E-state index is 13.1. The number of halogens is 2. The lowest BCUT2D eigenvalue weighted by molar-refractivity contribution is -0.115. The van der Waals surface area contributed by atoms with Crippen LogP contribution in [0.2, 0.25) is 0 Å². The van der Waals surface area contributed by atoms with Crippen molar-refractivity contribution in [3.05, 3.63) is 54.1 Å². The summed E-state index contributed by atoms with van der Waals surface area (Å²) >= 11 is 0. The Morgan fingerprint density at radius 2 is 2.00 bits per heavy atom. The summed E-state index contributed by atoms with van der Waals surface area (Å²) < 4.78 is 31.5. The summed E-state index contributed by atoms with van der Waals surface area (Å²) in [6.45, 7) is 1.19. The van der Waals surface area contributed by atoms with Gasteiger partial charge in [-0.1, -0.05) is 12.1 Å². The molecule has 114 valence electrons. The standard InChI is InChI=1S/C16H14F2N2O2/c17-12-6-5-11(9-13(12)18)19-16(21)10-20-7-8-22-15-4-2-1-3-14(15)20/h1-6,9H,7-8,10H2,(H,19,21). The van der Waals surface area contributed by atoms with E-state index in [0.717, 1.165) is 23.6 Å². The number of para-hydroxylation sites is 2. The van der Waals surface area contributed by atoms with Gasteiger partial charge in [-0.2, -0.15) is 0 Å². The van der Waals surface area contributed by atoms with Gasteiger partial charge >= 0.3 is 0 Å². The van der Waals surface area contributed by atoms with Crippen molar-refractivity contribution in [3.63, 3.8) is 0 Å². The predicted molar refractivity (Wildman–Crippen MR) is 79.1 cm³/mol. The monoisotopic (exact) mass is 304 g/mol. The first kappa shape index (κ1) is 14.3. The minimum Gasteiger partial charge on any atom is -0.490 e. The molecule has 3 rings (SSSR count). The van der Waals surface area contributed by atoms with E-state index in [1.165, 1.54) is 6.07 Å². The first-order valence-corrected chi connectivity index (χ1v) is 6.85. The third-order valence-electron chi connectivity index (χ3n) is 3.36. The van der Waals surface area contributed by atoms with Crippen LogP contribution in [0.3, 0.4) is 0 Å². The summed E-state index contributed by atoms with van der Waals surface area (Å²) in [4.78, 5) is 14.0. The SMILES string of the molecule is O=C(CN1CCOc2ccccc21)Nc1ccc(F)c(F)c1. The Hall–Kier alpha value is -2.63. The van der Waals surface area contributed by atoms with Gasteiger partial charge in [0.1, 0.15) is 12.4 Å². The quantitative estimate of drug-likeness (QED) is 0.948. The normalized spacial score (nSPS) is 13.3. The van der Waals surface area contributed by atoms with Crippen LogP contribution in [-0.2, 0) is 4.79 Å². The maximum Gasteiger partial charge on any atom is 0.243 e. The highest BCUT2D eigenvalue weighted by molar-refractivity contribution is 5.94. The highest BCUT2D eigenvalue weighted by atomic mass is 19.2. The molecular weight excluding hydrogens is 290 g/mol. The van der Waals surface area contributed by atoms with Crippen molar-refractivity contribution < 1.29 is 18.3 Å². The second kappa shape index (κ2) is 6.01. The van der Waals surface area contributed by atoms with E-state index in [1.807, 2.05) is 29.2 Å². The van der Waals surface area contributed by atoms with Crippen LogP contribution in [0.1, 0.15) is 0 Å². The van der Waals surface area contributed by atoms with E-state index in [-0.39, 0.29) is 18.1 Å². The summed E-state index contributed by atoms with van der Waals surface area (Å²) in [6.07, 6.45) is 0. The Balaban J connectivity index is 1.69. The molecule has 1 aliphatic rings. The van der Waals surface area contributed by atoms with Crippen LogP contribution in [0.5, 0.6) is 5.75 Å². The van der Waals surface area contributed by atoms with Gasteiger partial charge in [-0.25, -0.2) is 8.78 Å². The number of amides is 1. The number of nitrogens with one attached hydrogen (secondary N) is 1. The minimum absolute atomic E-state index is 0.110. The summed E-state index contributed by atoms with van der Waals surface area (Å²) in [6, 6.07) is 10.7. The molecule has 1 N–H and O–H groups in total. The van der Waals surface area contributed by atoms with Crippen LogP contribution in [0.25, 0.3) is 0 Å². The molecule has 4 nitrogen and oxygen atoms in total. The Morgan fingerprint density at radius 1 is 1.18 bits per heavy atom. The number of nitrogens with zero attached hydrogens (tertiary/aromatic N) is 1. The Kier molecular flexibility index (Phi) is 3.91. The van der Waals surface area contributed by atoms with Crippen molar-refractivity contribution in [2.24, 2.45) is 0 Å². The molecule has 0 saturated carbocycles. The van der Waals surface area contributed by atoms with Gasteiger partial charge in [0, 0.05) is 11.8 Å². The smallest absolute Gasteiger partial charge is 0.243 e. The van der Waals surface area contributed by atoms with Gasteiger partial charge < -0.3 is 15.0 Å². The summed E-state index contributed by atoms with van der Waals surface area (Å²) in [5, 5.41) is 2.56. The van der Waals surface area contributed by atoms with Gasteiger partial charge in [-0.3, -0.25) is 4.79 Å². The minimum atomic E-state index is -0.991. The van der Waals surface area contributed by atoms with Crippen molar-refractivity contribution in [1.29, 1.82) is 0 Å². The molecule has 0 bridgehead atoms. The topological polar surface area (TPSA) is 41.6 Å². The van der Waals surface area contributed by atoms with Crippen molar-refractivity contribution in [2.75, 3.05) is 29.9 Å². The molecule has 6 heteroatoms. The lowest BCUT2D eigenvalue weighted by Gasteiger charge is -2.30. The molecule has 2 aromatic carbocycles. The van der Waals surface area contributed by atoms with E-state index in [2.05, 4.69) is 5.32 Å². The number of hydrogen-bond donors (Lipinski definition) is 1. The molecule has 0 atom stereocenters. The molecule has 2 aromatic rings. The second-order valence-corrected chi connectivity index (χ2v) is 4.91. The molecule has 22 heavy (non-hydrogen) atoms. The second-order valence-electron chi connectivity index (χ2n) is 4.91. The van der Waals surface area contributed by atoms with Crippen molar-refractivity contribution >= 4 is 17.3 Å². The molecule has 1 heterocycles. The van der Waals surface area contributed by atoms with E-state index in [1.54, 1.807) is 0 Å². The molecule has 0 fully saturated rings. The van der Waals surface area contributed by atoms with Crippen LogP contribution in [-0.4, -0.2) is 25.6 Å². The average Bonchev–Trinajstić information content (AvgIpc) is 2.51. The zero-order valence-electron chi connectivity index (χ0n) is 11.7. The number of hydrogen-bond acceptors (Lipinski definition) is 3. The first-order chi connectivity index (χ1) is 10.6. The highest BCUT2D eigenvalue weighted by Gasteiger charge is 2.19. The molecule has 0 aliphatic carbocycles. The third kappa shape index (κ3) is 3.00. The van der Waals surface area contributed by atoms with E-state index in [9.17, 15) is 13.6 Å². The molecule has 0 radical (unpaired) electrons. The van der Waals surface area contributed by atoms with Crippen LogP contribution >= 0.6 is 0 Å². The van der Waals surface area contributed by atoms with Crippen molar-refractivity contribution in [1.82, 2.24) is 0 Å². The van der Waals surface area contributed by atoms with Crippen molar-refractivity contribution in [3.8, 4) is 5.75 Å². The number of carbonyl (C=O) groups is 1. The molecule has 0 spiro atoms. The Bertz CT molecular complexity index is 706. The average molecular weight is 304 g/mol. The fourth-order valence-electron chi connectivity index (χ4n) is 2.34. The van der Waals surface area contributed by atoms with Gasteiger partial charge in [-0.05, 0) is 24.3 Å². The Labute approximate surface area is 126 Å². The van der Waals surface area contributed by atoms with E-state index >= 15 is 0 Å². The molecule has 0 aromatic heterocycles. The van der Waals surface area contributed by atoms with Gasteiger partial charge in [0.05, 0.1) is 18.8 Å². The number of benzene rings is 2. The van der Waals surface area contributed by atoms with Gasteiger partial charge in [0.15, 0.2) is 11.6 Å². The molecule has 0 unspecified atom stereocenters. The van der Waals surface area contributed by atoms with Crippen LogP contribution < -0.4 is 15.0 Å². The highest BCUT2D eigenvalue weighted by Crippen LogP contribution is 2.30. The van der Waals surface area contributed by atoms with Gasteiger partial charge in [0.2, 0.25) is 5.91 Å². The summed E-state index contributed by atoms with van der Waals surface area (Å²) in [7, 11) is 0. The van der Waals surface area contributed by atoms with Crippen molar-refractivity contribution in [2.45, 2.75) is 0 Å². The number of carbonyl (C=O) groups excluding carboxylic acids is 1. The first-order valence-electron chi connectivity index (χ1n) is 6.85. The maximum absolute atomic E-state index is 13.1. The predicted octanol–water partition coefficient (Wildman–Crippen LogP) is 2.80. The zero-order valence-corrected chi connectivity index (χ0v) is 11.7. The fourth-order valence-corrected chi connectivity index (χ4v) is 2.34. The summed E-state index contributed by atoms with van der Waals surface area (Å²) in [5.74, 6) is -1.51. The largest absolute Gasteiger partial charge is 0.490 e. The molecule has 0 saturated heterocycles. The molecule has 1 amide bonds. The van der Waals surface area contributed by atoms with Gasteiger partial charge in [0.25, 0.3) is 0 Å². The lowest BCUT2D eigenvalue weighted by atomic mass is 10.2. The van der Waals surface area contributed by atoms with Crippen LogP contribution in [0.15, 0.2) is 42.5 Å². The number of fused-ring (bicyclic) bond motifs is 1. The lowest BCUT2D eigenvalue weighted by Crippen LogP contribution is -2.38. The molecular formula is C16H14F2N2O2. The number of rotatable bonds is 3. The van der Waals surface area contributed by atoms with E-state index in [0.29, 0.717) is 13.2 Å². The van der Waals surface area contributed by atoms with Crippen LogP contribution in [0.4, 0.5) is 20.2 Å². The third-order valence-corrected chi connectivity index (χ3v) is 3.36.